The number of carboxylic acid groups (broad SMARTS) is 1. The molecule has 12 heteroatoms. The van der Waals surface area contributed by atoms with Gasteiger partial charge in [0.1, 0.15) is 17.5 Å². The van der Waals surface area contributed by atoms with E-state index in [4.69, 9.17) is 10.5 Å². The minimum atomic E-state index is -1.17. The summed E-state index contributed by atoms with van der Waals surface area (Å²) in [6, 6.07) is 11.7. The Labute approximate surface area is 215 Å². The van der Waals surface area contributed by atoms with Crippen molar-refractivity contribution in [1.82, 2.24) is 20.6 Å². The summed E-state index contributed by atoms with van der Waals surface area (Å²) in [6.45, 7) is 0. The van der Waals surface area contributed by atoms with Gasteiger partial charge >= 0.3 is 5.97 Å². The van der Waals surface area contributed by atoms with Gasteiger partial charge in [-0.3, -0.25) is 19.7 Å². The molecule has 0 aliphatic carbocycles. The molecule has 190 valence electrons. The molecule has 37 heavy (non-hydrogen) atoms. The molecule has 0 spiro atoms. The maximum Gasteiger partial charge on any atom is 0.326 e. The first-order valence-corrected chi connectivity index (χ1v) is 12.0. The second-order valence-electron chi connectivity index (χ2n) is 8.16. The average Bonchev–Trinajstić information content (AvgIpc) is 3.49. The fraction of sp³-hybridized carbons (Fsp3) is 0.160. The molecule has 3 amide bonds. The van der Waals surface area contributed by atoms with Gasteiger partial charge in [-0.2, -0.15) is 0 Å². The summed E-state index contributed by atoms with van der Waals surface area (Å²) in [5.74, 6) is -1.08. The Morgan fingerprint density at radius 3 is 2.32 bits per heavy atom. The summed E-state index contributed by atoms with van der Waals surface area (Å²) < 4.78 is 5.82. The van der Waals surface area contributed by atoms with Gasteiger partial charge in [0.25, 0.3) is 11.1 Å². The number of rotatable bonds is 10. The highest BCUT2D eigenvalue weighted by Gasteiger charge is 2.25. The first kappa shape index (κ1) is 25.7. The molecular formula is C25H23N5O6S. The second-order valence-corrected chi connectivity index (χ2v) is 9.17. The van der Waals surface area contributed by atoms with Gasteiger partial charge in [0.2, 0.25) is 5.91 Å². The third-order valence-electron chi connectivity index (χ3n) is 5.36. The summed E-state index contributed by atoms with van der Waals surface area (Å²) >= 11 is 0.848. The van der Waals surface area contributed by atoms with Crippen LogP contribution in [-0.2, 0) is 27.2 Å². The van der Waals surface area contributed by atoms with Crippen molar-refractivity contribution in [2.75, 3.05) is 0 Å². The number of amides is 3. The van der Waals surface area contributed by atoms with E-state index in [0.717, 1.165) is 17.3 Å². The van der Waals surface area contributed by atoms with E-state index in [2.05, 4.69) is 20.6 Å². The molecule has 1 aliphatic rings. The highest BCUT2D eigenvalue weighted by atomic mass is 32.2. The number of imidazole rings is 1. The van der Waals surface area contributed by atoms with Crippen LogP contribution in [0.2, 0.25) is 0 Å². The molecule has 4 rings (SSSR count). The van der Waals surface area contributed by atoms with Crippen LogP contribution in [0, 0.1) is 0 Å². The standard InChI is InChI=1S/C25H23N5O6S/c26-19(11-16-12-27-13-28-16)22(31)29-20(24(33)34)9-14-1-5-17(6-2-14)36-18-7-3-15(4-8-18)10-21-23(32)30-25(35)37-21/h1-8,10,12-13,19-20H,9,11,26H2,(H,27,28)(H,29,31)(H,33,34)(H,30,32,35)/b21-10+. The number of nitrogens with two attached hydrogens (primary N) is 1. The maximum absolute atomic E-state index is 12.4. The average molecular weight is 522 g/mol. The summed E-state index contributed by atoms with van der Waals surface area (Å²) in [6.07, 6.45) is 4.91. The minimum Gasteiger partial charge on any atom is -0.480 e. The smallest absolute Gasteiger partial charge is 0.326 e. The Morgan fingerprint density at radius 2 is 1.76 bits per heavy atom. The Morgan fingerprint density at radius 1 is 1.08 bits per heavy atom. The predicted octanol–water partition coefficient (Wildman–Crippen LogP) is 2.21. The fourth-order valence-electron chi connectivity index (χ4n) is 3.47. The zero-order chi connectivity index (χ0) is 26.4. The van der Waals surface area contributed by atoms with Crippen LogP contribution < -0.4 is 21.1 Å². The lowest BCUT2D eigenvalue weighted by molar-refractivity contribution is -0.142. The number of ether oxygens (including phenoxy) is 1. The summed E-state index contributed by atoms with van der Waals surface area (Å²) in [5.41, 5.74) is 8.00. The van der Waals surface area contributed by atoms with Crippen LogP contribution in [0.25, 0.3) is 6.08 Å². The SMILES string of the molecule is NC(Cc1cnc[nH]1)C(=O)NC(Cc1ccc(Oc2ccc(/C=C3/SC(=O)NC3=O)cc2)cc1)C(=O)O. The summed E-state index contributed by atoms with van der Waals surface area (Å²) in [4.78, 5) is 54.1. The van der Waals surface area contributed by atoms with Gasteiger partial charge in [-0.15, -0.1) is 0 Å². The quantitative estimate of drug-likeness (QED) is 0.250. The van der Waals surface area contributed by atoms with E-state index in [9.17, 15) is 24.3 Å². The molecule has 0 saturated carbocycles. The molecule has 1 aromatic heterocycles. The van der Waals surface area contributed by atoms with Gasteiger partial charge in [-0.1, -0.05) is 24.3 Å². The van der Waals surface area contributed by atoms with E-state index in [-0.39, 0.29) is 12.8 Å². The van der Waals surface area contributed by atoms with E-state index in [1.807, 2.05) is 0 Å². The third kappa shape index (κ3) is 7.06. The van der Waals surface area contributed by atoms with E-state index in [1.54, 1.807) is 60.8 Å². The van der Waals surface area contributed by atoms with Crippen LogP contribution in [0.5, 0.6) is 11.5 Å². The lowest BCUT2D eigenvalue weighted by atomic mass is 10.0. The molecule has 6 N–H and O–H groups in total. The minimum absolute atomic E-state index is 0.0651. The van der Waals surface area contributed by atoms with Crippen molar-refractivity contribution in [3.8, 4) is 11.5 Å². The largest absolute Gasteiger partial charge is 0.480 e. The number of aromatic amines is 1. The highest BCUT2D eigenvalue weighted by Crippen LogP contribution is 2.27. The Bertz CT molecular complexity index is 1320. The first-order chi connectivity index (χ1) is 17.8. The summed E-state index contributed by atoms with van der Waals surface area (Å²) in [7, 11) is 0. The van der Waals surface area contributed by atoms with Crippen molar-refractivity contribution in [2.24, 2.45) is 5.73 Å². The number of imide groups is 1. The normalized spacial score (nSPS) is 15.8. The molecule has 1 fully saturated rings. The molecule has 2 heterocycles. The number of carboxylic acids is 1. The van der Waals surface area contributed by atoms with Crippen LogP contribution in [0.1, 0.15) is 16.8 Å². The number of aromatic nitrogens is 2. The van der Waals surface area contributed by atoms with Crippen LogP contribution in [-0.4, -0.2) is 50.2 Å². The molecule has 1 saturated heterocycles. The molecule has 3 aromatic rings. The molecule has 1 aliphatic heterocycles. The molecule has 2 unspecified atom stereocenters. The van der Waals surface area contributed by atoms with Crippen LogP contribution >= 0.6 is 11.8 Å². The molecule has 0 bridgehead atoms. The van der Waals surface area contributed by atoms with Crippen LogP contribution in [0.15, 0.2) is 66.0 Å². The monoisotopic (exact) mass is 521 g/mol. The van der Waals surface area contributed by atoms with Gasteiger partial charge in [-0.25, -0.2) is 9.78 Å². The summed E-state index contributed by atoms with van der Waals surface area (Å²) in [5, 5.41) is 13.9. The van der Waals surface area contributed by atoms with E-state index >= 15 is 0 Å². The predicted molar refractivity (Wildman–Crippen MR) is 136 cm³/mol. The van der Waals surface area contributed by atoms with Gasteiger partial charge in [0.15, 0.2) is 0 Å². The number of carbonyl (C=O) groups is 4. The van der Waals surface area contributed by atoms with Crippen molar-refractivity contribution in [3.63, 3.8) is 0 Å². The van der Waals surface area contributed by atoms with E-state index in [0.29, 0.717) is 27.7 Å². The molecule has 0 radical (unpaired) electrons. The number of carbonyl (C=O) groups excluding carboxylic acids is 3. The Balaban J connectivity index is 1.32. The molecular weight excluding hydrogens is 498 g/mol. The number of nitrogens with one attached hydrogen (secondary N) is 3. The van der Waals surface area contributed by atoms with Gasteiger partial charge in [0.05, 0.1) is 17.3 Å². The van der Waals surface area contributed by atoms with E-state index < -0.39 is 35.1 Å². The maximum atomic E-state index is 12.4. The Hall–Kier alpha value is -4.42. The number of hydrogen-bond donors (Lipinski definition) is 5. The topological polar surface area (TPSA) is 176 Å². The first-order valence-electron chi connectivity index (χ1n) is 11.1. The molecule has 2 aromatic carbocycles. The number of nitrogens with zero attached hydrogens (tertiary/aromatic N) is 1. The number of H-pyrrole nitrogens is 1. The van der Waals surface area contributed by atoms with Crippen molar-refractivity contribution >= 4 is 40.9 Å². The number of benzene rings is 2. The third-order valence-corrected chi connectivity index (χ3v) is 6.18. The van der Waals surface area contributed by atoms with Gasteiger partial charge in [0, 0.05) is 24.7 Å². The van der Waals surface area contributed by atoms with Gasteiger partial charge in [-0.05, 0) is 53.2 Å². The number of hydrogen-bond acceptors (Lipinski definition) is 8. The molecule has 2 atom stereocenters. The fourth-order valence-corrected chi connectivity index (χ4v) is 4.16. The van der Waals surface area contributed by atoms with Crippen LogP contribution in [0.3, 0.4) is 0 Å². The second kappa shape index (κ2) is 11.5. The van der Waals surface area contributed by atoms with Crippen molar-refractivity contribution in [1.29, 1.82) is 0 Å². The lowest BCUT2D eigenvalue weighted by Gasteiger charge is -2.18. The lowest BCUT2D eigenvalue weighted by Crippen LogP contribution is -2.50. The van der Waals surface area contributed by atoms with Crippen molar-refractivity contribution in [2.45, 2.75) is 24.9 Å². The zero-order valence-corrected chi connectivity index (χ0v) is 20.2. The van der Waals surface area contributed by atoms with Gasteiger partial charge < -0.3 is 25.9 Å². The van der Waals surface area contributed by atoms with E-state index in [1.165, 1.54) is 6.33 Å². The van der Waals surface area contributed by atoms with Crippen molar-refractivity contribution in [3.05, 3.63) is 82.8 Å². The van der Waals surface area contributed by atoms with Crippen molar-refractivity contribution < 1.29 is 29.0 Å². The Kier molecular flexibility index (Phi) is 8.01. The zero-order valence-electron chi connectivity index (χ0n) is 19.3. The number of aliphatic carboxylic acids is 1. The highest BCUT2D eigenvalue weighted by molar-refractivity contribution is 8.18. The molecule has 11 nitrogen and oxygen atoms in total. The number of thioether (sulfide) groups is 1. The van der Waals surface area contributed by atoms with Crippen LogP contribution in [0.4, 0.5) is 4.79 Å².